The molecule has 0 unspecified atom stereocenters. The number of hydrogen-bond donors (Lipinski definition) is 1. The largest absolute Gasteiger partial charge is 0.430 e. The molecule has 0 aromatic carbocycles. The molecule has 3 heterocycles. The maximum atomic E-state index is 5.12. The molecule has 0 saturated carbocycles. The molecule has 0 aliphatic carbocycles. The van der Waals surface area contributed by atoms with Gasteiger partial charge in [-0.2, -0.15) is 5.10 Å². The molecular weight excluding hydrogens is 196 g/mol. The van der Waals surface area contributed by atoms with Gasteiger partial charge < -0.3 is 8.94 Å². The molecule has 1 N–H and O–H groups in total. The highest BCUT2D eigenvalue weighted by Crippen LogP contribution is 2.27. The van der Waals surface area contributed by atoms with Gasteiger partial charge in [0.05, 0.1) is 0 Å². The Bertz CT molecular complexity index is 490. The lowest BCUT2D eigenvalue weighted by Gasteiger charge is -1.91. The van der Waals surface area contributed by atoms with Crippen LogP contribution < -0.4 is 0 Å². The van der Waals surface area contributed by atoms with Crippen molar-refractivity contribution in [1.82, 2.24) is 20.3 Å². The summed E-state index contributed by atoms with van der Waals surface area (Å²) in [5.74, 6) is 0.496. The lowest BCUT2D eigenvalue weighted by atomic mass is 10.2. The molecule has 3 aromatic heterocycles. The topological polar surface area (TPSA) is 80.7 Å². The van der Waals surface area contributed by atoms with Crippen LogP contribution in [0.4, 0.5) is 0 Å². The Balaban J connectivity index is 2.15. The average molecular weight is 201 g/mol. The summed E-state index contributed by atoms with van der Waals surface area (Å²) >= 11 is 0. The van der Waals surface area contributed by atoms with Gasteiger partial charge in [0.25, 0.3) is 6.39 Å². The van der Waals surface area contributed by atoms with Crippen molar-refractivity contribution in [2.45, 2.75) is 0 Å². The third-order valence-corrected chi connectivity index (χ3v) is 1.93. The molecule has 0 fully saturated rings. The second-order valence-electron chi connectivity index (χ2n) is 2.83. The van der Waals surface area contributed by atoms with E-state index in [4.69, 9.17) is 8.94 Å². The van der Waals surface area contributed by atoms with E-state index in [-0.39, 0.29) is 0 Å². The van der Waals surface area contributed by atoms with E-state index in [9.17, 15) is 0 Å². The number of nitrogens with one attached hydrogen (secondary N) is 1. The second kappa shape index (κ2) is 3.09. The van der Waals surface area contributed by atoms with Crippen molar-refractivity contribution in [3.63, 3.8) is 0 Å². The molecule has 0 aliphatic rings. The highest BCUT2D eigenvalue weighted by atomic mass is 16.5. The standard InChI is InChI=1S/C9H5N4O2/c1-3-11-12-6(1)8-9(14-5-10-8)7-2-4-15-13-7/h1-4H,(H,11,12). The SMILES string of the molecule is [c]1nc(-c2cc[nH]n2)c(-c2ccon2)o1. The first-order valence-corrected chi connectivity index (χ1v) is 4.23. The van der Waals surface area contributed by atoms with Gasteiger partial charge in [0, 0.05) is 12.3 Å². The maximum absolute atomic E-state index is 5.12. The van der Waals surface area contributed by atoms with E-state index in [1.807, 2.05) is 0 Å². The monoisotopic (exact) mass is 201 g/mol. The molecule has 15 heavy (non-hydrogen) atoms. The Morgan fingerprint density at radius 3 is 3.00 bits per heavy atom. The number of nitrogens with zero attached hydrogens (tertiary/aromatic N) is 3. The van der Waals surface area contributed by atoms with E-state index in [0.29, 0.717) is 22.8 Å². The van der Waals surface area contributed by atoms with E-state index >= 15 is 0 Å². The third-order valence-electron chi connectivity index (χ3n) is 1.93. The van der Waals surface area contributed by atoms with Gasteiger partial charge in [0.2, 0.25) is 0 Å². The maximum Gasteiger partial charge on any atom is 0.284 e. The first kappa shape index (κ1) is 7.98. The Morgan fingerprint density at radius 2 is 2.27 bits per heavy atom. The molecule has 3 rings (SSSR count). The van der Waals surface area contributed by atoms with Crippen molar-refractivity contribution in [1.29, 1.82) is 0 Å². The lowest BCUT2D eigenvalue weighted by Crippen LogP contribution is -1.82. The number of H-pyrrole nitrogens is 1. The van der Waals surface area contributed by atoms with Gasteiger partial charge in [0.1, 0.15) is 17.7 Å². The van der Waals surface area contributed by atoms with Crippen molar-refractivity contribution >= 4 is 0 Å². The summed E-state index contributed by atoms with van der Waals surface area (Å²) in [5.41, 5.74) is 1.84. The predicted octanol–water partition coefficient (Wildman–Crippen LogP) is 1.52. The smallest absolute Gasteiger partial charge is 0.284 e. The number of aromatic nitrogens is 4. The Hall–Kier alpha value is -2.37. The van der Waals surface area contributed by atoms with Crippen molar-refractivity contribution in [3.05, 3.63) is 31.0 Å². The molecule has 6 heteroatoms. The molecule has 3 aromatic rings. The van der Waals surface area contributed by atoms with Crippen LogP contribution in [0, 0.1) is 6.39 Å². The predicted molar refractivity (Wildman–Crippen MR) is 48.4 cm³/mol. The van der Waals surface area contributed by atoms with Crippen molar-refractivity contribution in [3.8, 4) is 22.8 Å². The van der Waals surface area contributed by atoms with Gasteiger partial charge in [-0.3, -0.25) is 5.10 Å². The van der Waals surface area contributed by atoms with Crippen molar-refractivity contribution in [2.75, 3.05) is 0 Å². The van der Waals surface area contributed by atoms with Gasteiger partial charge in [-0.05, 0) is 6.07 Å². The number of rotatable bonds is 2. The minimum absolute atomic E-state index is 0.496. The molecule has 0 amide bonds. The van der Waals surface area contributed by atoms with Crippen LogP contribution in [0.5, 0.6) is 0 Å². The fourth-order valence-corrected chi connectivity index (χ4v) is 1.28. The highest BCUT2D eigenvalue weighted by Gasteiger charge is 2.16. The van der Waals surface area contributed by atoms with E-state index in [2.05, 4.69) is 26.7 Å². The molecule has 1 radical (unpaired) electrons. The summed E-state index contributed by atoms with van der Waals surface area (Å²) in [7, 11) is 0. The van der Waals surface area contributed by atoms with Crippen LogP contribution in [0.25, 0.3) is 22.8 Å². The minimum atomic E-state index is 0.496. The van der Waals surface area contributed by atoms with E-state index < -0.39 is 0 Å². The van der Waals surface area contributed by atoms with Crippen LogP contribution >= 0.6 is 0 Å². The number of aromatic amines is 1. The molecule has 0 spiro atoms. The van der Waals surface area contributed by atoms with Crippen LogP contribution in [-0.2, 0) is 0 Å². The van der Waals surface area contributed by atoms with Crippen molar-refractivity contribution < 1.29 is 8.94 Å². The van der Waals surface area contributed by atoms with Gasteiger partial charge in [-0.25, -0.2) is 4.98 Å². The zero-order valence-electron chi connectivity index (χ0n) is 7.47. The second-order valence-corrected chi connectivity index (χ2v) is 2.83. The number of hydrogen-bond acceptors (Lipinski definition) is 5. The molecule has 0 aliphatic heterocycles. The third kappa shape index (κ3) is 1.23. The Labute approximate surface area is 83.9 Å². The summed E-state index contributed by atoms with van der Waals surface area (Å²) in [5, 5.41) is 10.5. The van der Waals surface area contributed by atoms with Gasteiger partial charge in [0.15, 0.2) is 11.5 Å². The summed E-state index contributed by atoms with van der Waals surface area (Å²) in [6.45, 7) is 0. The summed E-state index contributed by atoms with van der Waals surface area (Å²) < 4.78 is 9.85. The van der Waals surface area contributed by atoms with Gasteiger partial charge in [-0.1, -0.05) is 5.16 Å². The van der Waals surface area contributed by atoms with E-state index in [1.165, 1.54) is 6.26 Å². The van der Waals surface area contributed by atoms with Gasteiger partial charge in [-0.15, -0.1) is 0 Å². The van der Waals surface area contributed by atoms with Crippen LogP contribution in [0.15, 0.2) is 33.5 Å². The van der Waals surface area contributed by atoms with E-state index in [0.717, 1.165) is 0 Å². The fourth-order valence-electron chi connectivity index (χ4n) is 1.28. The number of oxazole rings is 1. The normalized spacial score (nSPS) is 10.7. The van der Waals surface area contributed by atoms with Gasteiger partial charge >= 0.3 is 0 Å². The first-order valence-electron chi connectivity index (χ1n) is 4.23. The van der Waals surface area contributed by atoms with Crippen LogP contribution in [0.3, 0.4) is 0 Å². The lowest BCUT2D eigenvalue weighted by molar-refractivity contribution is 0.419. The van der Waals surface area contributed by atoms with Crippen molar-refractivity contribution in [2.24, 2.45) is 0 Å². The zero-order chi connectivity index (χ0) is 10.1. The highest BCUT2D eigenvalue weighted by molar-refractivity contribution is 5.71. The van der Waals surface area contributed by atoms with Crippen LogP contribution in [0.2, 0.25) is 0 Å². The molecule has 0 atom stereocenters. The quantitative estimate of drug-likeness (QED) is 0.679. The molecule has 0 saturated heterocycles. The zero-order valence-corrected chi connectivity index (χ0v) is 7.47. The molecular formula is C9H5N4O2. The first-order chi connectivity index (χ1) is 7.45. The molecule has 0 bridgehead atoms. The summed E-state index contributed by atoms with van der Waals surface area (Å²) in [6.07, 6.45) is 5.58. The average Bonchev–Trinajstić information content (AvgIpc) is 3.01. The van der Waals surface area contributed by atoms with E-state index in [1.54, 1.807) is 18.3 Å². The Morgan fingerprint density at radius 1 is 1.27 bits per heavy atom. The summed E-state index contributed by atoms with van der Waals surface area (Å²) in [6, 6.07) is 3.47. The minimum Gasteiger partial charge on any atom is -0.430 e. The fraction of sp³-hybridized carbons (Fsp3) is 0. The molecule has 73 valence electrons. The summed E-state index contributed by atoms with van der Waals surface area (Å²) in [4.78, 5) is 3.96. The van der Waals surface area contributed by atoms with Crippen LogP contribution in [-0.4, -0.2) is 20.3 Å². The Kier molecular flexibility index (Phi) is 1.64. The molecule has 6 nitrogen and oxygen atoms in total. The van der Waals surface area contributed by atoms with Crippen LogP contribution in [0.1, 0.15) is 0 Å².